The summed E-state index contributed by atoms with van der Waals surface area (Å²) >= 11 is 0. The van der Waals surface area contributed by atoms with E-state index in [1.807, 2.05) is 55.5 Å². The van der Waals surface area contributed by atoms with Crippen LogP contribution in [0.25, 0.3) is 0 Å². The summed E-state index contributed by atoms with van der Waals surface area (Å²) in [5, 5.41) is 17.5. The van der Waals surface area contributed by atoms with Gasteiger partial charge in [0.15, 0.2) is 0 Å². The van der Waals surface area contributed by atoms with Crippen LogP contribution in [0.3, 0.4) is 0 Å². The lowest BCUT2D eigenvalue weighted by Gasteiger charge is -2.45. The third-order valence-corrected chi connectivity index (χ3v) is 22.6. The number of aromatic nitrogens is 2. The first-order valence-corrected chi connectivity index (χ1v) is 26.4. The van der Waals surface area contributed by atoms with Crippen LogP contribution in [0.5, 0.6) is 0 Å². The summed E-state index contributed by atoms with van der Waals surface area (Å²) in [4.78, 5) is 25.6. The molecule has 6 N–H and O–H groups in total. The molecular formula is C53H65N7O4Si2. The Balaban J connectivity index is 0.000000196. The average Bonchev–Trinajstić information content (AvgIpc) is 4.00. The molecule has 66 heavy (non-hydrogen) atoms. The molecule has 8 rings (SSSR count). The number of allylic oxidation sites excluding steroid dienone is 1. The molecule has 4 aromatic carbocycles. The summed E-state index contributed by atoms with van der Waals surface area (Å²) in [6, 6.07) is 48.5. The van der Waals surface area contributed by atoms with Gasteiger partial charge in [0.2, 0.25) is 0 Å². The van der Waals surface area contributed by atoms with Crippen molar-refractivity contribution in [2.45, 2.75) is 82.7 Å². The number of nitrogens with one attached hydrogen (secondary N) is 4. The van der Waals surface area contributed by atoms with Crippen molar-refractivity contribution in [3.05, 3.63) is 194 Å². The number of fused-ring (bicyclic) bond motifs is 2. The van der Waals surface area contributed by atoms with E-state index < -0.39 is 16.6 Å². The molecule has 4 heterocycles. The highest BCUT2D eigenvalue weighted by Gasteiger charge is 2.52. The van der Waals surface area contributed by atoms with Gasteiger partial charge in [0.05, 0.1) is 54.6 Å². The second kappa shape index (κ2) is 19.6. The summed E-state index contributed by atoms with van der Waals surface area (Å²) in [5.74, 6) is 0.347. The molecule has 6 aromatic rings. The van der Waals surface area contributed by atoms with Crippen LogP contribution in [0, 0.1) is 0 Å². The van der Waals surface area contributed by atoms with Crippen molar-refractivity contribution < 1.29 is 18.4 Å². The minimum Gasteiger partial charge on any atom is -0.405 e. The van der Waals surface area contributed by atoms with E-state index in [0.717, 1.165) is 17.1 Å². The van der Waals surface area contributed by atoms with Crippen molar-refractivity contribution >= 4 is 49.4 Å². The van der Waals surface area contributed by atoms with E-state index in [9.17, 15) is 9.59 Å². The van der Waals surface area contributed by atoms with E-state index >= 15 is 0 Å². The third-order valence-electron chi connectivity index (χ3n) is 12.6. The molecule has 344 valence electrons. The largest absolute Gasteiger partial charge is 0.405 e. The van der Waals surface area contributed by atoms with Crippen LogP contribution >= 0.6 is 0 Å². The molecule has 0 bridgehead atoms. The monoisotopic (exact) mass is 919 g/mol. The Bertz CT molecular complexity index is 2340. The topological polar surface area (TPSA) is 137 Å². The maximum atomic E-state index is 12.8. The molecule has 0 saturated carbocycles. The van der Waals surface area contributed by atoms with E-state index in [4.69, 9.17) is 14.6 Å². The summed E-state index contributed by atoms with van der Waals surface area (Å²) in [7, 11) is -5.45. The molecule has 11 nitrogen and oxygen atoms in total. The second-order valence-electron chi connectivity index (χ2n) is 19.2. The molecule has 2 aliphatic heterocycles. The van der Waals surface area contributed by atoms with Gasteiger partial charge in [-0.1, -0.05) is 176 Å². The first-order valence-electron chi connectivity index (χ1n) is 22.6. The number of hydrogen-bond donors (Lipinski definition) is 5. The molecule has 2 aromatic heterocycles. The lowest BCUT2D eigenvalue weighted by atomic mass is 10.0. The van der Waals surface area contributed by atoms with Crippen LogP contribution in [-0.2, 0) is 8.85 Å². The van der Waals surface area contributed by atoms with Crippen LogP contribution < -0.4 is 47.7 Å². The molecule has 2 amide bonds. The maximum Gasteiger partial charge on any atom is 0.326 e. The Labute approximate surface area is 392 Å². The van der Waals surface area contributed by atoms with Crippen LogP contribution in [0.4, 0.5) is 9.59 Å². The van der Waals surface area contributed by atoms with Gasteiger partial charge in [-0.3, -0.25) is 9.13 Å². The quantitative estimate of drug-likeness (QED) is 0.0728. The van der Waals surface area contributed by atoms with Crippen LogP contribution in [0.15, 0.2) is 183 Å². The number of benzene rings is 4. The molecule has 0 spiro atoms. The van der Waals surface area contributed by atoms with Gasteiger partial charge in [0.1, 0.15) is 0 Å². The van der Waals surface area contributed by atoms with Crippen molar-refractivity contribution in [3.8, 4) is 0 Å². The number of carbonyl (C=O) groups excluding carboxylic acids is 2. The summed E-state index contributed by atoms with van der Waals surface area (Å²) < 4.78 is 17.4. The molecule has 0 unspecified atom stereocenters. The lowest BCUT2D eigenvalue weighted by molar-refractivity contribution is 0.193. The van der Waals surface area contributed by atoms with Crippen molar-refractivity contribution in [2.75, 3.05) is 13.2 Å². The number of carbonyl (C=O) groups is 2. The normalized spacial score (nSPS) is 18.3. The molecular weight excluding hydrogens is 855 g/mol. The van der Waals surface area contributed by atoms with Gasteiger partial charge in [0, 0.05) is 18.1 Å². The Morgan fingerprint density at radius 3 is 1.17 bits per heavy atom. The predicted octanol–water partition coefficient (Wildman–Crippen LogP) is 7.23. The summed E-state index contributed by atoms with van der Waals surface area (Å²) in [6.45, 7) is 24.0. The van der Waals surface area contributed by atoms with Gasteiger partial charge >= 0.3 is 12.1 Å². The SMILES string of the molecule is C=C(C)N[C@@H]1c2cccn2C(=O)N[C@H]1CO[Si](c1ccccc1)(c1ccccc1)C(C)(C)C.C=C(N)N[C@@H]1c2cccn2C(=O)N[C@H]1CO[Si](c1ccccc1)(c1ccccc1)C(C)(C)C. The van der Waals surface area contributed by atoms with E-state index in [1.165, 1.54) is 20.7 Å². The van der Waals surface area contributed by atoms with Crippen LogP contribution in [0.1, 0.15) is 71.9 Å². The minimum atomic E-state index is -2.74. The Morgan fingerprint density at radius 1 is 0.561 bits per heavy atom. The van der Waals surface area contributed by atoms with Gasteiger partial charge in [-0.15, -0.1) is 0 Å². The highest BCUT2D eigenvalue weighted by Crippen LogP contribution is 2.39. The van der Waals surface area contributed by atoms with Crippen molar-refractivity contribution in [1.82, 2.24) is 30.4 Å². The zero-order chi connectivity index (χ0) is 47.3. The molecule has 13 heteroatoms. The van der Waals surface area contributed by atoms with Crippen LogP contribution in [-0.4, -0.2) is 63.1 Å². The van der Waals surface area contributed by atoms with Crippen molar-refractivity contribution in [3.63, 3.8) is 0 Å². The first kappa shape index (κ1) is 47.6. The van der Waals surface area contributed by atoms with Gasteiger partial charge < -0.3 is 35.9 Å². The van der Waals surface area contributed by atoms with Gasteiger partial charge in [-0.2, -0.15) is 0 Å². The Morgan fingerprint density at radius 2 is 0.879 bits per heavy atom. The Hall–Kier alpha value is -6.39. The second-order valence-corrected chi connectivity index (χ2v) is 27.8. The van der Waals surface area contributed by atoms with Gasteiger partial charge in [-0.05, 0) is 62.0 Å². The fourth-order valence-electron chi connectivity index (χ4n) is 9.74. The molecule has 0 fully saturated rings. The van der Waals surface area contributed by atoms with Gasteiger partial charge in [0.25, 0.3) is 16.6 Å². The van der Waals surface area contributed by atoms with E-state index in [0.29, 0.717) is 19.0 Å². The fourth-order valence-corrected chi connectivity index (χ4v) is 18.9. The maximum absolute atomic E-state index is 12.8. The number of rotatable bonds is 14. The standard InChI is InChI=1S/C27H33N3O2Si.C26H32N4O2Si/c1-20(2)28-25-23(29-26(31)30-18-12-17-24(25)30)19-32-33(27(3,4)5,21-13-8-6-9-14-21)22-15-10-7-11-16-22;1-19(27)28-24-22(29-25(31)30-17-11-16-23(24)30)18-32-33(26(2,3)4,20-12-7-5-8-13-20)21-14-9-6-10-15-21/h6-18,23,25,28H,1,19H2,2-5H3,(H,29,31);5-17,22,24,28H,1,18,27H2,2-4H3,(H,29,31)/t23-,25-;22-,24-/m00/s1. The average molecular weight is 920 g/mol. The molecule has 0 saturated heterocycles. The zero-order valence-corrected chi connectivity index (χ0v) is 41.3. The first-order chi connectivity index (χ1) is 31.5. The fraction of sp³-hybridized carbons (Fsp3) is 0.283. The molecule has 4 atom stereocenters. The predicted molar refractivity (Wildman–Crippen MR) is 271 cm³/mol. The number of nitrogens with zero attached hydrogens (tertiary/aromatic N) is 2. The van der Waals surface area contributed by atoms with Gasteiger partial charge in [-0.25, -0.2) is 9.59 Å². The zero-order valence-electron chi connectivity index (χ0n) is 39.3. The minimum absolute atomic E-state index is 0.131. The highest BCUT2D eigenvalue weighted by molar-refractivity contribution is 7.00. The number of amides is 2. The summed E-state index contributed by atoms with van der Waals surface area (Å²) in [5.41, 5.74) is 8.52. The van der Waals surface area contributed by atoms with Crippen molar-refractivity contribution in [2.24, 2.45) is 5.73 Å². The molecule has 0 aliphatic carbocycles. The van der Waals surface area contributed by atoms with E-state index in [1.54, 1.807) is 21.5 Å². The smallest absolute Gasteiger partial charge is 0.326 e. The Kier molecular flexibility index (Phi) is 14.1. The highest BCUT2D eigenvalue weighted by atomic mass is 28.4. The summed E-state index contributed by atoms with van der Waals surface area (Å²) in [6.07, 6.45) is 3.54. The lowest BCUT2D eigenvalue weighted by Crippen LogP contribution is -2.68. The third kappa shape index (κ3) is 9.47. The number of hydrogen-bond acceptors (Lipinski definition) is 7. The van der Waals surface area contributed by atoms with Crippen molar-refractivity contribution in [1.29, 1.82) is 0 Å². The van der Waals surface area contributed by atoms with Crippen LogP contribution in [0.2, 0.25) is 10.1 Å². The molecule has 0 radical (unpaired) electrons. The number of nitrogens with two attached hydrogens (primary N) is 1. The molecule has 2 aliphatic rings. The van der Waals surface area contributed by atoms with E-state index in [2.05, 4.69) is 173 Å². The van der Waals surface area contributed by atoms with E-state index in [-0.39, 0.29) is 46.3 Å².